The lowest BCUT2D eigenvalue weighted by atomic mass is 9.98. The molecule has 2 rings (SSSR count). The van der Waals surface area contributed by atoms with E-state index in [1.165, 1.54) is 0 Å². The summed E-state index contributed by atoms with van der Waals surface area (Å²) < 4.78 is 10.8. The fourth-order valence-corrected chi connectivity index (χ4v) is 2.52. The van der Waals surface area contributed by atoms with Crippen molar-refractivity contribution in [1.29, 1.82) is 0 Å². The minimum Gasteiger partial charge on any atom is -0.493 e. The van der Waals surface area contributed by atoms with Gasteiger partial charge in [-0.1, -0.05) is 30.3 Å². The number of aliphatic carboxylic acids is 1. The molecule has 0 fully saturated rings. The molecule has 0 saturated heterocycles. The van der Waals surface area contributed by atoms with Crippen molar-refractivity contribution in [2.24, 2.45) is 0 Å². The van der Waals surface area contributed by atoms with E-state index in [9.17, 15) is 4.79 Å². The molecule has 0 aliphatic carbocycles. The van der Waals surface area contributed by atoms with E-state index in [0.717, 1.165) is 16.7 Å². The summed E-state index contributed by atoms with van der Waals surface area (Å²) in [6.07, 6.45) is 0. The quantitative estimate of drug-likeness (QED) is 0.851. The summed E-state index contributed by atoms with van der Waals surface area (Å²) in [5, 5.41) is 8.94. The van der Waals surface area contributed by atoms with Gasteiger partial charge < -0.3 is 14.6 Å². The van der Waals surface area contributed by atoms with Crippen molar-refractivity contribution >= 4 is 5.97 Å². The van der Waals surface area contributed by atoms with Crippen molar-refractivity contribution in [2.45, 2.75) is 6.54 Å². The fourth-order valence-electron chi connectivity index (χ4n) is 2.52. The molecule has 0 heterocycles. The van der Waals surface area contributed by atoms with E-state index in [-0.39, 0.29) is 6.54 Å². The maximum Gasteiger partial charge on any atom is 0.317 e. The van der Waals surface area contributed by atoms with Crippen LogP contribution in [0.2, 0.25) is 0 Å². The van der Waals surface area contributed by atoms with Gasteiger partial charge in [-0.25, -0.2) is 0 Å². The van der Waals surface area contributed by atoms with Crippen LogP contribution in [0.25, 0.3) is 11.1 Å². The number of nitrogens with zero attached hydrogens (tertiary/aromatic N) is 1. The lowest BCUT2D eigenvalue weighted by Gasteiger charge is -2.19. The lowest BCUT2D eigenvalue weighted by molar-refractivity contribution is -0.138. The van der Waals surface area contributed by atoms with Crippen LogP contribution in [0.3, 0.4) is 0 Å². The zero-order chi connectivity index (χ0) is 16.8. The van der Waals surface area contributed by atoms with Crippen LogP contribution in [0.4, 0.5) is 0 Å². The predicted molar refractivity (Wildman–Crippen MR) is 89.0 cm³/mol. The van der Waals surface area contributed by atoms with E-state index < -0.39 is 5.97 Å². The van der Waals surface area contributed by atoms with E-state index >= 15 is 0 Å². The van der Waals surface area contributed by atoms with E-state index in [4.69, 9.17) is 14.6 Å². The Bertz CT molecular complexity index is 670. The number of carboxylic acids is 1. The second-order valence-corrected chi connectivity index (χ2v) is 5.30. The number of hydrogen-bond donors (Lipinski definition) is 1. The molecule has 2 aromatic carbocycles. The van der Waals surface area contributed by atoms with Crippen LogP contribution < -0.4 is 9.47 Å². The summed E-state index contributed by atoms with van der Waals surface area (Å²) in [6, 6.07) is 13.8. The summed E-state index contributed by atoms with van der Waals surface area (Å²) in [4.78, 5) is 12.6. The standard InChI is InChI=1S/C18H21NO4/c1-19(12-18(20)21)11-14-9-16(22-2)17(23-3)10-15(14)13-7-5-4-6-8-13/h4-10H,11-12H2,1-3H3,(H,20,21). The van der Waals surface area contributed by atoms with Crippen LogP contribution in [0.5, 0.6) is 11.5 Å². The van der Waals surface area contributed by atoms with Gasteiger partial charge in [0.05, 0.1) is 20.8 Å². The van der Waals surface area contributed by atoms with Gasteiger partial charge in [-0.2, -0.15) is 0 Å². The number of carbonyl (C=O) groups is 1. The van der Waals surface area contributed by atoms with Crippen LogP contribution in [0.1, 0.15) is 5.56 Å². The number of methoxy groups -OCH3 is 2. The topological polar surface area (TPSA) is 59.0 Å². The Morgan fingerprint density at radius 2 is 1.70 bits per heavy atom. The largest absolute Gasteiger partial charge is 0.493 e. The molecule has 122 valence electrons. The molecule has 0 atom stereocenters. The molecular weight excluding hydrogens is 294 g/mol. The monoisotopic (exact) mass is 315 g/mol. The molecule has 0 amide bonds. The highest BCUT2D eigenvalue weighted by molar-refractivity contribution is 5.72. The third-order valence-corrected chi connectivity index (χ3v) is 3.54. The van der Waals surface area contributed by atoms with Crippen LogP contribution in [0, 0.1) is 0 Å². The molecule has 0 aliphatic heterocycles. The van der Waals surface area contributed by atoms with E-state index in [0.29, 0.717) is 18.0 Å². The molecule has 0 radical (unpaired) electrons. The number of hydrogen-bond acceptors (Lipinski definition) is 4. The zero-order valence-electron chi connectivity index (χ0n) is 13.6. The van der Waals surface area contributed by atoms with Gasteiger partial charge in [0.15, 0.2) is 11.5 Å². The predicted octanol–water partition coefficient (Wildman–Crippen LogP) is 2.89. The lowest BCUT2D eigenvalue weighted by Crippen LogP contribution is -2.25. The SMILES string of the molecule is COc1cc(CN(C)CC(=O)O)c(-c2ccccc2)cc1OC. The molecule has 5 heteroatoms. The first-order valence-corrected chi connectivity index (χ1v) is 7.25. The van der Waals surface area contributed by atoms with Gasteiger partial charge in [-0.15, -0.1) is 0 Å². The van der Waals surface area contributed by atoms with Crippen LogP contribution in [-0.2, 0) is 11.3 Å². The van der Waals surface area contributed by atoms with Gasteiger partial charge in [-0.3, -0.25) is 9.69 Å². The van der Waals surface area contributed by atoms with Crippen LogP contribution >= 0.6 is 0 Å². The maximum atomic E-state index is 10.9. The minimum atomic E-state index is -0.853. The fraction of sp³-hybridized carbons (Fsp3) is 0.278. The molecular formula is C18H21NO4. The molecule has 0 saturated carbocycles. The van der Waals surface area contributed by atoms with E-state index in [2.05, 4.69) is 0 Å². The zero-order valence-corrected chi connectivity index (χ0v) is 13.6. The van der Waals surface area contributed by atoms with Crippen molar-refractivity contribution in [3.63, 3.8) is 0 Å². The normalized spacial score (nSPS) is 10.6. The van der Waals surface area contributed by atoms with Gasteiger partial charge in [0, 0.05) is 6.54 Å². The Hall–Kier alpha value is -2.53. The molecule has 23 heavy (non-hydrogen) atoms. The van der Waals surface area contributed by atoms with Gasteiger partial charge in [-0.05, 0) is 35.9 Å². The third kappa shape index (κ3) is 4.23. The summed E-state index contributed by atoms with van der Waals surface area (Å²) in [5.74, 6) is 0.427. The first-order valence-electron chi connectivity index (χ1n) is 7.25. The highest BCUT2D eigenvalue weighted by Gasteiger charge is 2.15. The van der Waals surface area contributed by atoms with E-state index in [1.807, 2.05) is 42.5 Å². The Morgan fingerprint density at radius 1 is 1.09 bits per heavy atom. The van der Waals surface area contributed by atoms with Gasteiger partial charge >= 0.3 is 5.97 Å². The molecule has 2 aromatic rings. The highest BCUT2D eigenvalue weighted by atomic mass is 16.5. The average molecular weight is 315 g/mol. The summed E-state index contributed by atoms with van der Waals surface area (Å²) in [5.41, 5.74) is 3.03. The third-order valence-electron chi connectivity index (χ3n) is 3.54. The Kier molecular flexibility index (Phi) is 5.60. The van der Waals surface area contributed by atoms with Gasteiger partial charge in [0.25, 0.3) is 0 Å². The molecule has 0 aliphatic rings. The number of rotatable bonds is 7. The smallest absolute Gasteiger partial charge is 0.317 e. The Labute approximate surface area is 136 Å². The number of ether oxygens (including phenoxy) is 2. The first kappa shape index (κ1) is 16.8. The van der Waals surface area contributed by atoms with Crippen molar-refractivity contribution in [2.75, 3.05) is 27.8 Å². The Morgan fingerprint density at radius 3 is 2.26 bits per heavy atom. The second-order valence-electron chi connectivity index (χ2n) is 5.30. The number of carboxylic acid groups (broad SMARTS) is 1. The van der Waals surface area contributed by atoms with Gasteiger partial charge in [0.2, 0.25) is 0 Å². The van der Waals surface area contributed by atoms with Crippen molar-refractivity contribution in [3.8, 4) is 22.6 Å². The van der Waals surface area contributed by atoms with Gasteiger partial charge in [0.1, 0.15) is 0 Å². The number of benzene rings is 2. The molecule has 1 N–H and O–H groups in total. The second kappa shape index (κ2) is 7.65. The summed E-state index contributed by atoms with van der Waals surface area (Å²) in [6.45, 7) is 0.472. The molecule has 0 spiro atoms. The first-order chi connectivity index (χ1) is 11.0. The van der Waals surface area contributed by atoms with Crippen LogP contribution in [-0.4, -0.2) is 43.8 Å². The minimum absolute atomic E-state index is 0.0252. The molecule has 0 aromatic heterocycles. The number of likely N-dealkylation sites (N-methyl/N-ethyl adjacent to an activating group) is 1. The van der Waals surface area contributed by atoms with E-state index in [1.54, 1.807) is 26.2 Å². The molecule has 0 unspecified atom stereocenters. The summed E-state index contributed by atoms with van der Waals surface area (Å²) in [7, 11) is 4.97. The van der Waals surface area contributed by atoms with Crippen molar-refractivity contribution in [3.05, 3.63) is 48.0 Å². The summed E-state index contributed by atoms with van der Waals surface area (Å²) >= 11 is 0. The Balaban J connectivity index is 2.47. The average Bonchev–Trinajstić information content (AvgIpc) is 2.54. The maximum absolute atomic E-state index is 10.9. The highest BCUT2D eigenvalue weighted by Crippen LogP contribution is 2.36. The molecule has 0 bridgehead atoms. The van der Waals surface area contributed by atoms with Crippen molar-refractivity contribution < 1.29 is 19.4 Å². The molecule has 5 nitrogen and oxygen atoms in total. The van der Waals surface area contributed by atoms with Crippen LogP contribution in [0.15, 0.2) is 42.5 Å². The van der Waals surface area contributed by atoms with Crippen molar-refractivity contribution in [1.82, 2.24) is 4.90 Å².